The normalized spacial score (nSPS) is 19.6. The van der Waals surface area contributed by atoms with Crippen molar-refractivity contribution in [1.29, 1.82) is 0 Å². The van der Waals surface area contributed by atoms with Crippen LogP contribution < -0.4 is 0 Å². The van der Waals surface area contributed by atoms with Gasteiger partial charge in [-0.2, -0.15) is 0 Å². The van der Waals surface area contributed by atoms with E-state index in [1.54, 1.807) is 0 Å². The third-order valence-electron chi connectivity index (χ3n) is 2.87. The molecule has 0 aromatic heterocycles. The molecule has 3 rings (SSSR count). The van der Waals surface area contributed by atoms with Crippen molar-refractivity contribution in [2.45, 2.75) is 5.60 Å². The number of fused-ring (bicyclic) bond motifs is 2. The lowest BCUT2D eigenvalue weighted by Gasteiger charge is -2.22. The molecule has 0 atom stereocenters. The summed E-state index contributed by atoms with van der Waals surface area (Å²) in [6.45, 7) is 0. The summed E-state index contributed by atoms with van der Waals surface area (Å²) in [6.07, 6.45) is 5.70. The molecule has 0 amide bonds. The monoisotopic (exact) mass is 230 g/mol. The van der Waals surface area contributed by atoms with Crippen LogP contribution in [0.5, 0.6) is 0 Å². The highest BCUT2D eigenvalue weighted by Gasteiger charge is 2.43. The standard InChI is InChI=1S/C13H7FO3/c14-8-1-2-11-10(7-8)12(16)17-13(11)5-3-9(15)4-6-13/h1-7H. The maximum Gasteiger partial charge on any atom is 0.340 e. The lowest BCUT2D eigenvalue weighted by Crippen LogP contribution is -2.23. The highest BCUT2D eigenvalue weighted by molar-refractivity contribution is 6.02. The maximum absolute atomic E-state index is 13.1. The lowest BCUT2D eigenvalue weighted by molar-refractivity contribution is -0.110. The third-order valence-corrected chi connectivity index (χ3v) is 2.87. The average molecular weight is 230 g/mol. The topological polar surface area (TPSA) is 43.4 Å². The number of carbonyl (C=O) groups is 2. The van der Waals surface area contributed by atoms with Gasteiger partial charge in [0.25, 0.3) is 0 Å². The van der Waals surface area contributed by atoms with E-state index < -0.39 is 17.4 Å². The molecule has 0 radical (unpaired) electrons. The molecular formula is C13H7FO3. The summed E-state index contributed by atoms with van der Waals surface area (Å²) in [7, 11) is 0. The number of benzene rings is 1. The Morgan fingerprint density at radius 2 is 1.82 bits per heavy atom. The Hall–Kier alpha value is -2.23. The summed E-state index contributed by atoms with van der Waals surface area (Å²) in [5.41, 5.74) is -0.286. The van der Waals surface area contributed by atoms with E-state index in [4.69, 9.17) is 4.74 Å². The van der Waals surface area contributed by atoms with E-state index in [2.05, 4.69) is 0 Å². The van der Waals surface area contributed by atoms with Crippen molar-refractivity contribution in [2.24, 2.45) is 0 Å². The maximum atomic E-state index is 13.1. The van der Waals surface area contributed by atoms with Gasteiger partial charge >= 0.3 is 5.97 Å². The first-order chi connectivity index (χ1) is 8.11. The molecule has 1 aliphatic carbocycles. The van der Waals surface area contributed by atoms with Gasteiger partial charge in [0, 0.05) is 5.56 Å². The van der Waals surface area contributed by atoms with Gasteiger partial charge in [-0.3, -0.25) is 4.79 Å². The summed E-state index contributed by atoms with van der Waals surface area (Å²) >= 11 is 0. The molecule has 1 heterocycles. The molecule has 3 nitrogen and oxygen atoms in total. The minimum Gasteiger partial charge on any atom is -0.442 e. The van der Waals surface area contributed by atoms with Crippen molar-refractivity contribution in [3.05, 3.63) is 59.4 Å². The molecule has 0 unspecified atom stereocenters. The quantitative estimate of drug-likeness (QED) is 0.639. The van der Waals surface area contributed by atoms with Crippen LogP contribution in [0.1, 0.15) is 15.9 Å². The number of hydrogen-bond donors (Lipinski definition) is 0. The van der Waals surface area contributed by atoms with Crippen molar-refractivity contribution in [3.63, 3.8) is 0 Å². The van der Waals surface area contributed by atoms with E-state index in [0.717, 1.165) is 6.07 Å². The molecule has 0 saturated heterocycles. The number of allylic oxidation sites excluding steroid dienone is 2. The summed E-state index contributed by atoms with van der Waals surface area (Å²) < 4.78 is 18.3. The van der Waals surface area contributed by atoms with Gasteiger partial charge in [0.15, 0.2) is 11.4 Å². The first-order valence-corrected chi connectivity index (χ1v) is 5.06. The largest absolute Gasteiger partial charge is 0.442 e. The smallest absolute Gasteiger partial charge is 0.340 e. The fourth-order valence-corrected chi connectivity index (χ4v) is 2.06. The molecule has 2 aliphatic rings. The molecule has 4 heteroatoms. The Morgan fingerprint density at radius 3 is 2.53 bits per heavy atom. The lowest BCUT2D eigenvalue weighted by atomic mass is 9.88. The Morgan fingerprint density at radius 1 is 1.12 bits per heavy atom. The van der Waals surface area contributed by atoms with E-state index in [-0.39, 0.29) is 11.3 Å². The van der Waals surface area contributed by atoms with E-state index in [1.165, 1.54) is 36.4 Å². The summed E-state index contributed by atoms with van der Waals surface area (Å²) in [4.78, 5) is 22.7. The molecule has 0 fully saturated rings. The first kappa shape index (κ1) is 9.96. The molecule has 1 aliphatic heterocycles. The van der Waals surface area contributed by atoms with Crippen molar-refractivity contribution in [1.82, 2.24) is 0 Å². The Bertz CT molecular complexity index is 583. The minimum atomic E-state index is -1.05. The van der Waals surface area contributed by atoms with Crippen molar-refractivity contribution in [3.8, 4) is 0 Å². The second kappa shape index (κ2) is 3.13. The Balaban J connectivity index is 2.20. The zero-order valence-corrected chi connectivity index (χ0v) is 8.64. The number of esters is 1. The fraction of sp³-hybridized carbons (Fsp3) is 0.0769. The molecule has 17 heavy (non-hydrogen) atoms. The van der Waals surface area contributed by atoms with Crippen molar-refractivity contribution >= 4 is 11.8 Å². The van der Waals surface area contributed by atoms with E-state index in [0.29, 0.717) is 5.56 Å². The van der Waals surface area contributed by atoms with Crippen LogP contribution in [0.4, 0.5) is 4.39 Å². The average Bonchev–Trinajstić information content (AvgIpc) is 2.57. The molecule has 0 N–H and O–H groups in total. The Labute approximate surface area is 96.2 Å². The zero-order chi connectivity index (χ0) is 12.0. The highest BCUT2D eigenvalue weighted by Crippen LogP contribution is 2.40. The third kappa shape index (κ3) is 1.34. The van der Waals surface area contributed by atoms with Crippen LogP contribution in [0.15, 0.2) is 42.5 Å². The van der Waals surface area contributed by atoms with Gasteiger partial charge in [0.2, 0.25) is 0 Å². The molecular weight excluding hydrogens is 223 g/mol. The zero-order valence-electron chi connectivity index (χ0n) is 8.64. The minimum absolute atomic E-state index is 0.165. The van der Waals surface area contributed by atoms with Crippen LogP contribution in [-0.2, 0) is 15.1 Å². The van der Waals surface area contributed by atoms with Crippen LogP contribution >= 0.6 is 0 Å². The van der Waals surface area contributed by atoms with Crippen molar-refractivity contribution in [2.75, 3.05) is 0 Å². The predicted octanol–water partition coefficient (Wildman–Crippen LogP) is 1.89. The molecule has 1 aromatic rings. The Kier molecular flexibility index (Phi) is 1.84. The van der Waals surface area contributed by atoms with Crippen LogP contribution in [0.25, 0.3) is 0 Å². The molecule has 0 saturated carbocycles. The van der Waals surface area contributed by atoms with Gasteiger partial charge in [-0.15, -0.1) is 0 Å². The molecule has 1 spiro atoms. The van der Waals surface area contributed by atoms with Gasteiger partial charge in [-0.25, -0.2) is 9.18 Å². The predicted molar refractivity (Wildman–Crippen MR) is 56.8 cm³/mol. The van der Waals surface area contributed by atoms with Crippen LogP contribution in [0.3, 0.4) is 0 Å². The second-order valence-electron chi connectivity index (χ2n) is 3.94. The molecule has 0 bridgehead atoms. The van der Waals surface area contributed by atoms with Crippen molar-refractivity contribution < 1.29 is 18.7 Å². The second-order valence-corrected chi connectivity index (χ2v) is 3.94. The van der Waals surface area contributed by atoms with Crippen LogP contribution in [0.2, 0.25) is 0 Å². The van der Waals surface area contributed by atoms with E-state index >= 15 is 0 Å². The number of halogens is 1. The SMILES string of the molecule is O=C1C=CC2(C=C1)OC(=O)c1cc(F)ccc12. The van der Waals surface area contributed by atoms with Crippen LogP contribution in [0, 0.1) is 5.82 Å². The van der Waals surface area contributed by atoms with Gasteiger partial charge in [0.1, 0.15) is 5.82 Å². The number of ketones is 1. The number of hydrogen-bond acceptors (Lipinski definition) is 3. The summed E-state index contributed by atoms with van der Waals surface area (Å²) in [6, 6.07) is 3.91. The van der Waals surface area contributed by atoms with E-state index in [9.17, 15) is 14.0 Å². The van der Waals surface area contributed by atoms with E-state index in [1.807, 2.05) is 0 Å². The first-order valence-electron chi connectivity index (χ1n) is 5.06. The highest BCUT2D eigenvalue weighted by atomic mass is 19.1. The summed E-state index contributed by atoms with van der Waals surface area (Å²) in [5, 5.41) is 0. The van der Waals surface area contributed by atoms with Gasteiger partial charge in [-0.1, -0.05) is 6.07 Å². The number of rotatable bonds is 0. The molecule has 1 aromatic carbocycles. The van der Waals surface area contributed by atoms with Gasteiger partial charge in [-0.05, 0) is 36.4 Å². The fourth-order valence-electron chi connectivity index (χ4n) is 2.06. The van der Waals surface area contributed by atoms with Gasteiger partial charge < -0.3 is 4.74 Å². The molecule has 84 valence electrons. The number of ether oxygens (including phenoxy) is 1. The summed E-state index contributed by atoms with van der Waals surface area (Å²) in [5.74, 6) is -1.23. The van der Waals surface area contributed by atoms with Crippen LogP contribution in [-0.4, -0.2) is 11.8 Å². The van der Waals surface area contributed by atoms with Gasteiger partial charge in [0.05, 0.1) is 5.56 Å². The number of carbonyl (C=O) groups excluding carboxylic acids is 2.